The zero-order valence-electron chi connectivity index (χ0n) is 6.88. The molecular weight excluding hydrogens is 124 g/mol. The number of nitrogens with zero attached hydrogens (tertiary/aromatic N) is 2. The Labute approximate surface area is 62.8 Å². The van der Waals surface area contributed by atoms with Gasteiger partial charge in [0.25, 0.3) is 0 Å². The summed E-state index contributed by atoms with van der Waals surface area (Å²) >= 11 is 0. The molecule has 0 aromatic rings. The molecule has 1 saturated heterocycles. The van der Waals surface area contributed by atoms with Crippen molar-refractivity contribution in [1.82, 2.24) is 10.0 Å². The van der Waals surface area contributed by atoms with Crippen molar-refractivity contribution in [3.05, 3.63) is 0 Å². The lowest BCUT2D eigenvalue weighted by Crippen LogP contribution is -2.46. The van der Waals surface area contributed by atoms with Crippen LogP contribution in [0.25, 0.3) is 0 Å². The lowest BCUT2D eigenvalue weighted by atomic mass is 9.81. The summed E-state index contributed by atoms with van der Waals surface area (Å²) in [4.78, 5) is 0. The van der Waals surface area contributed by atoms with Crippen molar-refractivity contribution in [2.45, 2.75) is 25.3 Å². The van der Waals surface area contributed by atoms with Gasteiger partial charge in [-0.25, -0.2) is 10.0 Å². The van der Waals surface area contributed by atoms with E-state index in [-0.39, 0.29) is 0 Å². The molecule has 0 N–H and O–H groups in total. The average Bonchev–Trinajstić information content (AvgIpc) is 2.07. The maximum atomic E-state index is 2.51. The van der Waals surface area contributed by atoms with Crippen LogP contribution in [-0.4, -0.2) is 36.7 Å². The third-order valence-corrected chi connectivity index (χ3v) is 3.00. The molecule has 2 aliphatic rings. The van der Waals surface area contributed by atoms with Crippen molar-refractivity contribution >= 4 is 0 Å². The number of fused-ring (bicyclic) bond motifs is 1. The Morgan fingerprint density at radius 3 is 2.30 bits per heavy atom. The van der Waals surface area contributed by atoms with Gasteiger partial charge in [-0.05, 0) is 25.2 Å². The van der Waals surface area contributed by atoms with Crippen molar-refractivity contribution < 1.29 is 0 Å². The fourth-order valence-corrected chi connectivity index (χ4v) is 2.24. The number of rotatable bonds is 1. The van der Waals surface area contributed by atoms with Crippen molar-refractivity contribution in [1.29, 1.82) is 0 Å². The van der Waals surface area contributed by atoms with Crippen LogP contribution < -0.4 is 0 Å². The van der Waals surface area contributed by atoms with E-state index in [0.29, 0.717) is 0 Å². The third-order valence-electron chi connectivity index (χ3n) is 3.00. The SMILES string of the molecule is CN(C)N1CCC2CCC21. The van der Waals surface area contributed by atoms with E-state index in [0.717, 1.165) is 12.0 Å². The quantitative estimate of drug-likeness (QED) is 0.535. The zero-order chi connectivity index (χ0) is 7.14. The monoisotopic (exact) mass is 140 g/mol. The molecule has 0 amide bonds. The van der Waals surface area contributed by atoms with Crippen LogP contribution in [-0.2, 0) is 0 Å². The minimum atomic E-state index is 0.912. The highest BCUT2D eigenvalue weighted by atomic mass is 15.6. The first-order valence-electron chi connectivity index (χ1n) is 4.23. The van der Waals surface area contributed by atoms with E-state index in [1.807, 2.05) is 0 Å². The summed E-state index contributed by atoms with van der Waals surface area (Å²) in [5.41, 5.74) is 0. The lowest BCUT2D eigenvalue weighted by Gasteiger charge is -2.39. The van der Waals surface area contributed by atoms with E-state index in [1.54, 1.807) is 0 Å². The highest BCUT2D eigenvalue weighted by Gasteiger charge is 2.41. The Morgan fingerprint density at radius 1 is 1.20 bits per heavy atom. The summed E-state index contributed by atoms with van der Waals surface area (Å²) in [5.74, 6) is 1.04. The van der Waals surface area contributed by atoms with Gasteiger partial charge in [0.2, 0.25) is 0 Å². The van der Waals surface area contributed by atoms with Crippen LogP contribution >= 0.6 is 0 Å². The van der Waals surface area contributed by atoms with Crippen molar-refractivity contribution in [2.75, 3.05) is 20.6 Å². The van der Waals surface area contributed by atoms with Crippen molar-refractivity contribution in [3.8, 4) is 0 Å². The van der Waals surface area contributed by atoms with E-state index >= 15 is 0 Å². The third kappa shape index (κ3) is 0.789. The van der Waals surface area contributed by atoms with Crippen LogP contribution in [0.3, 0.4) is 0 Å². The first kappa shape index (κ1) is 6.62. The Hall–Kier alpha value is -0.0800. The average molecular weight is 140 g/mol. The highest BCUT2D eigenvalue weighted by Crippen LogP contribution is 2.40. The lowest BCUT2D eigenvalue weighted by molar-refractivity contribution is -0.0248. The second-order valence-electron chi connectivity index (χ2n) is 3.70. The fraction of sp³-hybridized carbons (Fsp3) is 1.00. The summed E-state index contributed by atoms with van der Waals surface area (Å²) in [7, 11) is 4.31. The molecular formula is C8H16N2. The van der Waals surface area contributed by atoms with Gasteiger partial charge in [-0.1, -0.05) is 0 Å². The van der Waals surface area contributed by atoms with Gasteiger partial charge in [0.1, 0.15) is 0 Å². The molecule has 1 aliphatic heterocycles. The number of hydrogen-bond donors (Lipinski definition) is 0. The minimum absolute atomic E-state index is 0.912. The van der Waals surface area contributed by atoms with Crippen LogP contribution in [0.2, 0.25) is 0 Å². The molecule has 0 spiro atoms. The van der Waals surface area contributed by atoms with Gasteiger partial charge in [0.15, 0.2) is 0 Å². The summed E-state index contributed by atoms with van der Waals surface area (Å²) < 4.78 is 0. The van der Waals surface area contributed by atoms with Crippen LogP contribution in [0.15, 0.2) is 0 Å². The molecule has 2 atom stereocenters. The first-order valence-corrected chi connectivity index (χ1v) is 4.23. The molecule has 2 heteroatoms. The molecule has 2 unspecified atom stereocenters. The molecule has 2 nitrogen and oxygen atoms in total. The Balaban J connectivity index is 1.99. The van der Waals surface area contributed by atoms with E-state index in [2.05, 4.69) is 24.1 Å². The Bertz CT molecular complexity index is 133. The van der Waals surface area contributed by atoms with Crippen LogP contribution in [0, 0.1) is 5.92 Å². The molecule has 0 aromatic heterocycles. The van der Waals surface area contributed by atoms with Crippen LogP contribution in [0.4, 0.5) is 0 Å². The van der Waals surface area contributed by atoms with Crippen molar-refractivity contribution in [3.63, 3.8) is 0 Å². The Morgan fingerprint density at radius 2 is 2.00 bits per heavy atom. The van der Waals surface area contributed by atoms with Gasteiger partial charge in [0.05, 0.1) is 0 Å². The Kier molecular flexibility index (Phi) is 1.46. The highest BCUT2D eigenvalue weighted by molar-refractivity contribution is 4.93. The maximum absolute atomic E-state index is 2.51. The molecule has 2 rings (SSSR count). The second-order valence-corrected chi connectivity index (χ2v) is 3.70. The minimum Gasteiger partial charge on any atom is -0.248 e. The van der Waals surface area contributed by atoms with Gasteiger partial charge < -0.3 is 0 Å². The topological polar surface area (TPSA) is 6.48 Å². The summed E-state index contributed by atoms with van der Waals surface area (Å²) in [5, 5.41) is 4.76. The predicted molar refractivity (Wildman–Crippen MR) is 41.5 cm³/mol. The summed E-state index contributed by atoms with van der Waals surface area (Å²) in [6, 6.07) is 0.912. The summed E-state index contributed by atoms with van der Waals surface area (Å²) in [6.45, 7) is 1.29. The molecule has 1 heterocycles. The number of hydrogen-bond acceptors (Lipinski definition) is 2. The van der Waals surface area contributed by atoms with Crippen LogP contribution in [0.1, 0.15) is 19.3 Å². The van der Waals surface area contributed by atoms with Gasteiger partial charge >= 0.3 is 0 Å². The van der Waals surface area contributed by atoms with Crippen LogP contribution in [0.5, 0.6) is 0 Å². The molecule has 2 fully saturated rings. The predicted octanol–water partition coefficient (Wildman–Crippen LogP) is 0.947. The smallest absolute Gasteiger partial charge is 0.0274 e. The largest absolute Gasteiger partial charge is 0.248 e. The molecule has 0 radical (unpaired) electrons. The number of hydrazine groups is 1. The van der Waals surface area contributed by atoms with Gasteiger partial charge in [0, 0.05) is 26.7 Å². The molecule has 1 aliphatic carbocycles. The molecule has 58 valence electrons. The van der Waals surface area contributed by atoms with E-state index < -0.39 is 0 Å². The van der Waals surface area contributed by atoms with Crippen molar-refractivity contribution in [2.24, 2.45) is 5.92 Å². The zero-order valence-corrected chi connectivity index (χ0v) is 6.88. The van der Waals surface area contributed by atoms with Gasteiger partial charge in [-0.2, -0.15) is 0 Å². The summed E-state index contributed by atoms with van der Waals surface area (Å²) in [6.07, 6.45) is 4.35. The standard InChI is InChI=1S/C8H16N2/c1-9(2)10-6-5-7-3-4-8(7)10/h7-8H,3-6H2,1-2H3. The maximum Gasteiger partial charge on any atom is 0.0274 e. The molecule has 0 bridgehead atoms. The molecule has 0 aromatic carbocycles. The van der Waals surface area contributed by atoms with E-state index in [4.69, 9.17) is 0 Å². The molecule has 1 saturated carbocycles. The van der Waals surface area contributed by atoms with Gasteiger partial charge in [-0.3, -0.25) is 0 Å². The van der Waals surface area contributed by atoms with E-state index in [9.17, 15) is 0 Å². The first-order chi connectivity index (χ1) is 4.79. The molecule has 10 heavy (non-hydrogen) atoms. The van der Waals surface area contributed by atoms with Gasteiger partial charge in [-0.15, -0.1) is 0 Å². The van der Waals surface area contributed by atoms with E-state index in [1.165, 1.54) is 25.8 Å². The fourth-order valence-electron chi connectivity index (χ4n) is 2.24. The normalized spacial score (nSPS) is 39.9. The second kappa shape index (κ2) is 2.21.